The maximum atomic E-state index is 5.54. The summed E-state index contributed by atoms with van der Waals surface area (Å²) in [6, 6.07) is 7.81. The van der Waals surface area contributed by atoms with Crippen molar-refractivity contribution >= 4 is 0 Å². The highest BCUT2D eigenvalue weighted by Gasteiger charge is 1.97. The zero-order chi connectivity index (χ0) is 9.68. The highest BCUT2D eigenvalue weighted by molar-refractivity contribution is 5.35. The molecule has 0 fully saturated rings. The lowest BCUT2D eigenvalue weighted by Gasteiger charge is -2.12. The maximum Gasteiger partial charge on any atom is 0.122 e. The molecule has 0 aliphatic heterocycles. The molecular weight excluding hydrogens is 162 g/mol. The van der Waals surface area contributed by atoms with Crippen molar-refractivity contribution in [3.8, 4) is 5.75 Å². The molecule has 0 amide bonds. The molecule has 2 heteroatoms. The largest absolute Gasteiger partial charge is 0.492 e. The first-order valence-corrected chi connectivity index (χ1v) is 4.38. The van der Waals surface area contributed by atoms with Crippen molar-refractivity contribution in [3.05, 3.63) is 36.8 Å². The number of rotatable bonds is 4. The van der Waals surface area contributed by atoms with Gasteiger partial charge in [0.1, 0.15) is 12.4 Å². The van der Waals surface area contributed by atoms with Crippen LogP contribution in [0.15, 0.2) is 24.3 Å². The van der Waals surface area contributed by atoms with E-state index in [4.69, 9.17) is 4.74 Å². The number of benzene rings is 1. The summed E-state index contributed by atoms with van der Waals surface area (Å²) < 4.78 is 5.54. The van der Waals surface area contributed by atoms with Gasteiger partial charge in [-0.2, -0.15) is 0 Å². The van der Waals surface area contributed by atoms with E-state index in [0.29, 0.717) is 6.61 Å². The van der Waals surface area contributed by atoms with E-state index in [-0.39, 0.29) is 0 Å². The van der Waals surface area contributed by atoms with Gasteiger partial charge >= 0.3 is 0 Å². The van der Waals surface area contributed by atoms with Gasteiger partial charge in [-0.1, -0.05) is 18.2 Å². The van der Waals surface area contributed by atoms with Crippen LogP contribution in [0.5, 0.6) is 5.75 Å². The Morgan fingerprint density at radius 1 is 1.31 bits per heavy atom. The van der Waals surface area contributed by atoms with Gasteiger partial charge in [-0.15, -0.1) is 0 Å². The molecule has 0 aliphatic rings. The highest BCUT2D eigenvalue weighted by atomic mass is 16.5. The van der Waals surface area contributed by atoms with E-state index in [0.717, 1.165) is 17.9 Å². The second-order valence-corrected chi connectivity index (χ2v) is 3.26. The summed E-state index contributed by atoms with van der Waals surface area (Å²) >= 11 is 0. The molecule has 0 N–H and O–H groups in total. The predicted octanol–water partition coefficient (Wildman–Crippen LogP) is 1.81. The lowest BCUT2D eigenvalue weighted by molar-refractivity contribution is 0.260. The van der Waals surface area contributed by atoms with Gasteiger partial charge in [0.25, 0.3) is 0 Å². The minimum absolute atomic E-state index is 0.708. The molecule has 1 radical (unpaired) electrons. The third-order valence-corrected chi connectivity index (χ3v) is 1.77. The summed E-state index contributed by atoms with van der Waals surface area (Å²) in [4.78, 5) is 2.09. The van der Waals surface area contributed by atoms with E-state index in [1.165, 1.54) is 0 Å². The van der Waals surface area contributed by atoms with Crippen LogP contribution in [0.25, 0.3) is 0 Å². The predicted molar refractivity (Wildman–Crippen MR) is 55.0 cm³/mol. The summed E-state index contributed by atoms with van der Waals surface area (Å²) in [5.41, 5.74) is 0.946. The van der Waals surface area contributed by atoms with Gasteiger partial charge in [-0.05, 0) is 32.6 Å². The first-order chi connectivity index (χ1) is 6.20. The van der Waals surface area contributed by atoms with Crippen LogP contribution in [0.1, 0.15) is 5.56 Å². The van der Waals surface area contributed by atoms with Crippen molar-refractivity contribution in [3.63, 3.8) is 0 Å². The lowest BCUT2D eigenvalue weighted by atomic mass is 10.2. The van der Waals surface area contributed by atoms with Crippen molar-refractivity contribution in [1.82, 2.24) is 4.90 Å². The summed E-state index contributed by atoms with van der Waals surface area (Å²) in [6.07, 6.45) is 0. The van der Waals surface area contributed by atoms with E-state index in [9.17, 15) is 0 Å². The van der Waals surface area contributed by atoms with Crippen molar-refractivity contribution < 1.29 is 4.74 Å². The molecule has 0 heterocycles. The van der Waals surface area contributed by atoms with Crippen molar-refractivity contribution in [2.24, 2.45) is 0 Å². The summed E-state index contributed by atoms with van der Waals surface area (Å²) in [5, 5.41) is 0. The zero-order valence-corrected chi connectivity index (χ0v) is 8.29. The molecular formula is C11H16NO. The summed E-state index contributed by atoms with van der Waals surface area (Å²) in [5.74, 6) is 0.879. The Bertz CT molecular complexity index is 258. The molecule has 0 unspecified atom stereocenters. The second-order valence-electron chi connectivity index (χ2n) is 3.26. The van der Waals surface area contributed by atoms with E-state index >= 15 is 0 Å². The zero-order valence-electron chi connectivity index (χ0n) is 8.29. The molecule has 0 aromatic heterocycles. The van der Waals surface area contributed by atoms with Gasteiger partial charge in [-0.3, -0.25) is 0 Å². The molecule has 0 atom stereocenters. The average Bonchev–Trinajstić information content (AvgIpc) is 2.08. The van der Waals surface area contributed by atoms with Crippen LogP contribution in [0.2, 0.25) is 0 Å². The highest BCUT2D eigenvalue weighted by Crippen LogP contribution is 2.15. The van der Waals surface area contributed by atoms with Crippen molar-refractivity contribution in [1.29, 1.82) is 0 Å². The summed E-state index contributed by atoms with van der Waals surface area (Å²) in [7, 11) is 4.05. The molecule has 0 aliphatic carbocycles. The molecule has 71 valence electrons. The van der Waals surface area contributed by atoms with Gasteiger partial charge in [0.05, 0.1) is 0 Å². The molecule has 1 rings (SSSR count). The molecule has 13 heavy (non-hydrogen) atoms. The number of hydrogen-bond donors (Lipinski definition) is 0. The Morgan fingerprint density at radius 3 is 2.62 bits per heavy atom. The molecule has 0 saturated heterocycles. The van der Waals surface area contributed by atoms with Crippen LogP contribution in [-0.4, -0.2) is 32.1 Å². The fourth-order valence-corrected chi connectivity index (χ4v) is 0.983. The standard InChI is InChI=1S/C11H16NO/c1-10-6-4-5-7-11(10)13-9-8-12(2)3/h4-7H,1,8-9H2,2-3H3. The number of hydrogen-bond acceptors (Lipinski definition) is 2. The first-order valence-electron chi connectivity index (χ1n) is 4.38. The van der Waals surface area contributed by atoms with Gasteiger partial charge in [0.15, 0.2) is 0 Å². The normalized spacial score (nSPS) is 10.5. The molecule has 0 saturated carbocycles. The Hall–Kier alpha value is -1.02. The smallest absolute Gasteiger partial charge is 0.122 e. The van der Waals surface area contributed by atoms with E-state index < -0.39 is 0 Å². The van der Waals surface area contributed by atoms with Crippen LogP contribution in [0.3, 0.4) is 0 Å². The van der Waals surface area contributed by atoms with Gasteiger partial charge in [-0.25, -0.2) is 0 Å². The number of nitrogens with zero attached hydrogens (tertiary/aromatic N) is 1. The Labute approximate surface area is 80.1 Å². The van der Waals surface area contributed by atoms with Crippen LogP contribution in [0, 0.1) is 6.92 Å². The number of likely N-dealkylation sites (N-methyl/N-ethyl adjacent to an activating group) is 1. The van der Waals surface area contributed by atoms with Crippen LogP contribution in [0.4, 0.5) is 0 Å². The lowest BCUT2D eigenvalue weighted by Crippen LogP contribution is -2.19. The Morgan fingerprint density at radius 2 is 2.00 bits per heavy atom. The minimum Gasteiger partial charge on any atom is -0.492 e. The summed E-state index contributed by atoms with van der Waals surface area (Å²) in [6.45, 7) is 5.51. The fourth-order valence-electron chi connectivity index (χ4n) is 0.983. The quantitative estimate of drug-likeness (QED) is 0.697. The van der Waals surface area contributed by atoms with E-state index in [2.05, 4.69) is 11.8 Å². The van der Waals surface area contributed by atoms with Crippen LogP contribution in [-0.2, 0) is 0 Å². The van der Waals surface area contributed by atoms with Gasteiger partial charge in [0, 0.05) is 6.54 Å². The third kappa shape index (κ3) is 3.47. The molecule has 0 bridgehead atoms. The molecule has 2 nitrogen and oxygen atoms in total. The van der Waals surface area contributed by atoms with Crippen molar-refractivity contribution in [2.75, 3.05) is 27.2 Å². The maximum absolute atomic E-state index is 5.54. The van der Waals surface area contributed by atoms with Gasteiger partial charge < -0.3 is 9.64 Å². The fraction of sp³-hybridized carbons (Fsp3) is 0.364. The Balaban J connectivity index is 2.41. The van der Waals surface area contributed by atoms with Crippen LogP contribution >= 0.6 is 0 Å². The minimum atomic E-state index is 0.708. The Kier molecular flexibility index (Phi) is 3.77. The van der Waals surface area contributed by atoms with E-state index in [1.54, 1.807) is 0 Å². The molecule has 0 spiro atoms. The second kappa shape index (κ2) is 4.87. The van der Waals surface area contributed by atoms with Gasteiger partial charge in [0.2, 0.25) is 0 Å². The molecule has 1 aromatic rings. The average molecular weight is 178 g/mol. The third-order valence-electron chi connectivity index (χ3n) is 1.77. The number of para-hydroxylation sites is 1. The van der Waals surface area contributed by atoms with Crippen LogP contribution < -0.4 is 4.74 Å². The SMILES string of the molecule is [CH2]c1ccccc1OCCN(C)C. The topological polar surface area (TPSA) is 12.5 Å². The monoisotopic (exact) mass is 178 g/mol. The first kappa shape index (κ1) is 10.1. The number of ether oxygens (including phenoxy) is 1. The van der Waals surface area contributed by atoms with E-state index in [1.807, 2.05) is 38.4 Å². The molecule has 1 aromatic carbocycles. The van der Waals surface area contributed by atoms with Crippen molar-refractivity contribution in [2.45, 2.75) is 0 Å².